The fraction of sp³-hybridized carbons (Fsp3) is 0.647. The summed E-state index contributed by atoms with van der Waals surface area (Å²) in [5, 5.41) is 11.0. The average molecular weight is 304 g/mol. The maximum atomic E-state index is 11.0. The summed E-state index contributed by atoms with van der Waals surface area (Å²) in [5.74, 6) is 0.348. The van der Waals surface area contributed by atoms with E-state index >= 15 is 0 Å². The molecule has 0 radical (unpaired) electrons. The zero-order valence-corrected chi connectivity index (χ0v) is 13.2. The Balaban J connectivity index is 1.72. The minimum Gasteiger partial charge on any atom is -0.490 e. The fourth-order valence-corrected chi connectivity index (χ4v) is 4.05. The quantitative estimate of drug-likeness (QED) is 0.621. The number of nitro benzene ring substituents is 1. The van der Waals surface area contributed by atoms with Crippen LogP contribution in [-0.2, 0) is 0 Å². The minimum absolute atomic E-state index is 0.0343. The zero-order chi connectivity index (χ0) is 15.6. The number of ether oxygens (including phenoxy) is 1. The molecule has 1 spiro atoms. The van der Waals surface area contributed by atoms with E-state index in [0.29, 0.717) is 11.2 Å². The van der Waals surface area contributed by atoms with Gasteiger partial charge in [0.15, 0.2) is 5.75 Å². The molecule has 22 heavy (non-hydrogen) atoms. The van der Waals surface area contributed by atoms with Crippen LogP contribution in [0.1, 0.15) is 44.9 Å². The van der Waals surface area contributed by atoms with Gasteiger partial charge in [-0.25, -0.2) is 0 Å². The molecule has 5 nitrogen and oxygen atoms in total. The molecule has 1 heterocycles. The first-order valence-electron chi connectivity index (χ1n) is 8.21. The normalized spacial score (nSPS) is 20.9. The van der Waals surface area contributed by atoms with Crippen molar-refractivity contribution >= 4 is 11.4 Å². The summed E-state index contributed by atoms with van der Waals surface area (Å²) in [6, 6.07) is 5.20. The second-order valence-corrected chi connectivity index (χ2v) is 6.66. The van der Waals surface area contributed by atoms with Crippen LogP contribution in [-0.4, -0.2) is 25.1 Å². The van der Waals surface area contributed by atoms with Gasteiger partial charge in [0.1, 0.15) is 0 Å². The number of hydrogen-bond donors (Lipinski definition) is 0. The smallest absolute Gasteiger partial charge is 0.311 e. The van der Waals surface area contributed by atoms with Crippen molar-refractivity contribution in [3.63, 3.8) is 0 Å². The van der Waals surface area contributed by atoms with Crippen molar-refractivity contribution in [1.82, 2.24) is 0 Å². The summed E-state index contributed by atoms with van der Waals surface area (Å²) in [5.41, 5.74) is 1.64. The van der Waals surface area contributed by atoms with Crippen molar-refractivity contribution in [3.05, 3.63) is 28.3 Å². The third-order valence-electron chi connectivity index (χ3n) is 5.46. The molecule has 5 heteroatoms. The summed E-state index contributed by atoms with van der Waals surface area (Å²) in [6.45, 7) is 2.09. The van der Waals surface area contributed by atoms with Gasteiger partial charge >= 0.3 is 5.69 Å². The van der Waals surface area contributed by atoms with Gasteiger partial charge in [0.25, 0.3) is 0 Å². The van der Waals surface area contributed by atoms with Crippen LogP contribution >= 0.6 is 0 Å². The van der Waals surface area contributed by atoms with Gasteiger partial charge in [0.2, 0.25) is 0 Å². The lowest BCUT2D eigenvalue weighted by molar-refractivity contribution is -0.385. The van der Waals surface area contributed by atoms with Crippen LogP contribution in [0.3, 0.4) is 0 Å². The fourth-order valence-electron chi connectivity index (χ4n) is 4.05. The lowest BCUT2D eigenvalue weighted by Gasteiger charge is -2.45. The van der Waals surface area contributed by atoms with Crippen LogP contribution in [0.4, 0.5) is 11.4 Å². The average Bonchev–Trinajstić information content (AvgIpc) is 2.55. The SMILES string of the molecule is COc1cc(N2CCC3(CCCCC3)CC2)ccc1[N+](=O)[O-]. The Morgan fingerprint density at radius 2 is 1.82 bits per heavy atom. The maximum Gasteiger partial charge on any atom is 0.311 e. The van der Waals surface area contributed by atoms with E-state index in [1.165, 1.54) is 52.1 Å². The lowest BCUT2D eigenvalue weighted by Crippen LogP contribution is -2.41. The Morgan fingerprint density at radius 1 is 1.14 bits per heavy atom. The molecule has 1 aliphatic heterocycles. The molecule has 0 aromatic heterocycles. The van der Waals surface area contributed by atoms with Crippen LogP contribution in [0.5, 0.6) is 5.75 Å². The van der Waals surface area contributed by atoms with Crippen molar-refractivity contribution < 1.29 is 9.66 Å². The predicted octanol–water partition coefficient (Wildman–Crippen LogP) is 4.15. The van der Waals surface area contributed by atoms with Crippen LogP contribution in [0.25, 0.3) is 0 Å². The number of hydrogen-bond acceptors (Lipinski definition) is 4. The Hall–Kier alpha value is -1.78. The first-order chi connectivity index (χ1) is 10.6. The molecule has 0 N–H and O–H groups in total. The Kier molecular flexibility index (Phi) is 4.23. The number of methoxy groups -OCH3 is 1. The number of piperidine rings is 1. The van der Waals surface area contributed by atoms with E-state index in [4.69, 9.17) is 4.74 Å². The van der Waals surface area contributed by atoms with Crippen LogP contribution in [0, 0.1) is 15.5 Å². The third kappa shape index (κ3) is 2.89. The standard InChI is InChI=1S/C17H24N2O3/c1-22-16-13-14(5-6-15(16)19(20)21)18-11-9-17(10-12-18)7-3-2-4-8-17/h5-6,13H,2-4,7-12H2,1H3. The lowest BCUT2D eigenvalue weighted by atomic mass is 9.68. The highest BCUT2D eigenvalue weighted by Gasteiger charge is 2.35. The molecule has 1 aromatic carbocycles. The van der Waals surface area contributed by atoms with Crippen LogP contribution in [0.2, 0.25) is 0 Å². The van der Waals surface area contributed by atoms with Gasteiger partial charge in [0, 0.05) is 30.9 Å². The highest BCUT2D eigenvalue weighted by Crippen LogP contribution is 2.45. The minimum atomic E-state index is -0.393. The highest BCUT2D eigenvalue weighted by molar-refractivity contribution is 5.59. The van der Waals surface area contributed by atoms with E-state index in [1.807, 2.05) is 6.07 Å². The van der Waals surface area contributed by atoms with Crippen molar-refractivity contribution in [1.29, 1.82) is 0 Å². The summed E-state index contributed by atoms with van der Waals surface area (Å²) < 4.78 is 5.18. The Labute approximate surface area is 131 Å². The largest absolute Gasteiger partial charge is 0.490 e. The number of rotatable bonds is 3. The topological polar surface area (TPSA) is 55.6 Å². The first-order valence-corrected chi connectivity index (χ1v) is 8.21. The summed E-state index contributed by atoms with van der Waals surface area (Å²) in [4.78, 5) is 12.9. The van der Waals surface area contributed by atoms with Crippen molar-refractivity contribution in [2.24, 2.45) is 5.41 Å². The van der Waals surface area contributed by atoms with Gasteiger partial charge in [-0.2, -0.15) is 0 Å². The molecule has 120 valence electrons. The van der Waals surface area contributed by atoms with Crippen molar-refractivity contribution in [3.8, 4) is 5.75 Å². The molecule has 0 unspecified atom stereocenters. The molecule has 1 saturated carbocycles. The molecule has 2 fully saturated rings. The number of anilines is 1. The van der Waals surface area contributed by atoms with Crippen molar-refractivity contribution in [2.75, 3.05) is 25.1 Å². The molecular formula is C17H24N2O3. The first kappa shape index (κ1) is 15.1. The van der Waals surface area contributed by atoms with E-state index in [-0.39, 0.29) is 5.69 Å². The molecule has 1 saturated heterocycles. The van der Waals surface area contributed by atoms with Gasteiger partial charge in [-0.15, -0.1) is 0 Å². The zero-order valence-electron chi connectivity index (χ0n) is 13.2. The van der Waals surface area contributed by atoms with Gasteiger partial charge in [-0.05, 0) is 37.2 Å². The molecule has 0 bridgehead atoms. The predicted molar refractivity (Wildman–Crippen MR) is 86.6 cm³/mol. The molecule has 2 aliphatic rings. The summed E-state index contributed by atoms with van der Waals surface area (Å²) in [6.07, 6.45) is 9.40. The van der Waals surface area contributed by atoms with E-state index in [0.717, 1.165) is 18.8 Å². The van der Waals surface area contributed by atoms with Crippen molar-refractivity contribution in [2.45, 2.75) is 44.9 Å². The molecule has 0 atom stereocenters. The summed E-state index contributed by atoms with van der Waals surface area (Å²) in [7, 11) is 1.49. The number of nitrogens with zero attached hydrogens (tertiary/aromatic N) is 2. The second kappa shape index (κ2) is 6.15. The van der Waals surface area contributed by atoms with Crippen LogP contribution < -0.4 is 9.64 Å². The van der Waals surface area contributed by atoms with E-state index in [1.54, 1.807) is 12.1 Å². The maximum absolute atomic E-state index is 11.0. The van der Waals surface area contributed by atoms with Crippen LogP contribution in [0.15, 0.2) is 18.2 Å². The Morgan fingerprint density at radius 3 is 2.41 bits per heavy atom. The summed E-state index contributed by atoms with van der Waals surface area (Å²) >= 11 is 0. The van der Waals surface area contributed by atoms with E-state index < -0.39 is 4.92 Å². The van der Waals surface area contributed by atoms with Gasteiger partial charge in [0.05, 0.1) is 12.0 Å². The van der Waals surface area contributed by atoms with Gasteiger partial charge in [-0.3, -0.25) is 10.1 Å². The van der Waals surface area contributed by atoms with E-state index in [2.05, 4.69) is 4.90 Å². The van der Waals surface area contributed by atoms with Gasteiger partial charge in [-0.1, -0.05) is 19.3 Å². The molecule has 0 amide bonds. The monoisotopic (exact) mass is 304 g/mol. The Bertz CT molecular complexity index is 543. The number of benzene rings is 1. The van der Waals surface area contributed by atoms with E-state index in [9.17, 15) is 10.1 Å². The second-order valence-electron chi connectivity index (χ2n) is 6.66. The third-order valence-corrected chi connectivity index (χ3v) is 5.46. The highest BCUT2D eigenvalue weighted by atomic mass is 16.6. The van der Waals surface area contributed by atoms with Gasteiger partial charge < -0.3 is 9.64 Å². The molecular weight excluding hydrogens is 280 g/mol. The molecule has 1 aromatic rings. The number of nitro groups is 1. The molecule has 1 aliphatic carbocycles. The molecule has 3 rings (SSSR count).